The molecule has 0 aromatic heterocycles. The Labute approximate surface area is 119 Å². The normalized spacial score (nSPS) is 18.5. The topological polar surface area (TPSA) is 49.4 Å². The van der Waals surface area contributed by atoms with Crippen LogP contribution in [0.1, 0.15) is 19.4 Å². The average Bonchev–Trinajstić information content (AvgIpc) is 2.37. The summed E-state index contributed by atoms with van der Waals surface area (Å²) in [5.74, 6) is -0.0843. The highest BCUT2D eigenvalue weighted by Gasteiger charge is 2.23. The monoisotopic (exact) mass is 300 g/mol. The number of rotatable bonds is 4. The van der Waals surface area contributed by atoms with Crippen LogP contribution in [0.2, 0.25) is 0 Å². The van der Waals surface area contributed by atoms with E-state index >= 15 is 0 Å². The van der Waals surface area contributed by atoms with Crippen LogP contribution >= 0.6 is 0 Å². The van der Waals surface area contributed by atoms with E-state index in [2.05, 4.69) is 5.32 Å². The van der Waals surface area contributed by atoms with Crippen LogP contribution in [0.3, 0.4) is 0 Å². The predicted octanol–water partition coefficient (Wildman–Crippen LogP) is 1.56. The second kappa shape index (κ2) is 6.10. The maximum absolute atomic E-state index is 14.1. The minimum absolute atomic E-state index is 0.100. The van der Waals surface area contributed by atoms with Crippen LogP contribution in [0.15, 0.2) is 18.2 Å². The van der Waals surface area contributed by atoms with Crippen molar-refractivity contribution in [3.8, 4) is 0 Å². The molecule has 0 aliphatic carbocycles. The number of halogens is 1. The summed E-state index contributed by atoms with van der Waals surface area (Å²) >= 11 is 0. The smallest absolute Gasteiger partial charge is 0.153 e. The fourth-order valence-corrected chi connectivity index (χ4v) is 3.39. The highest BCUT2D eigenvalue weighted by Crippen LogP contribution is 2.22. The molecule has 1 aromatic carbocycles. The van der Waals surface area contributed by atoms with E-state index in [0.717, 1.165) is 5.56 Å². The van der Waals surface area contributed by atoms with Gasteiger partial charge in [-0.25, -0.2) is 12.8 Å². The molecule has 1 N–H and O–H groups in total. The zero-order chi connectivity index (χ0) is 14.8. The van der Waals surface area contributed by atoms with Gasteiger partial charge in [-0.15, -0.1) is 0 Å². The second-order valence-electron chi connectivity index (χ2n) is 5.46. The van der Waals surface area contributed by atoms with Gasteiger partial charge in [-0.2, -0.15) is 0 Å². The molecule has 1 aliphatic rings. The summed E-state index contributed by atoms with van der Waals surface area (Å²) in [5, 5.41) is 3.24. The number of hydrogen-bond acceptors (Lipinski definition) is 4. The summed E-state index contributed by atoms with van der Waals surface area (Å²) in [7, 11) is -2.94. The van der Waals surface area contributed by atoms with Gasteiger partial charge in [0.2, 0.25) is 0 Å². The molecule has 1 saturated heterocycles. The second-order valence-corrected chi connectivity index (χ2v) is 7.76. The third-order valence-electron chi connectivity index (χ3n) is 3.41. The molecular formula is C14H21FN2O2S. The van der Waals surface area contributed by atoms with Crippen LogP contribution in [0.25, 0.3) is 0 Å². The van der Waals surface area contributed by atoms with E-state index in [1.165, 1.54) is 6.07 Å². The molecule has 1 aromatic rings. The number of anilines is 1. The molecule has 0 amide bonds. The number of sulfone groups is 1. The van der Waals surface area contributed by atoms with Gasteiger partial charge in [-0.1, -0.05) is 19.9 Å². The van der Waals surface area contributed by atoms with Gasteiger partial charge in [0.15, 0.2) is 9.84 Å². The van der Waals surface area contributed by atoms with E-state index in [9.17, 15) is 12.8 Å². The van der Waals surface area contributed by atoms with E-state index in [1.54, 1.807) is 11.0 Å². The molecule has 1 fully saturated rings. The van der Waals surface area contributed by atoms with Crippen molar-refractivity contribution in [3.63, 3.8) is 0 Å². The van der Waals surface area contributed by atoms with Crippen LogP contribution in [-0.2, 0) is 16.4 Å². The highest BCUT2D eigenvalue weighted by molar-refractivity contribution is 7.91. The van der Waals surface area contributed by atoms with Gasteiger partial charge in [-0.3, -0.25) is 0 Å². The lowest BCUT2D eigenvalue weighted by Crippen LogP contribution is -2.40. The zero-order valence-electron chi connectivity index (χ0n) is 11.9. The van der Waals surface area contributed by atoms with Gasteiger partial charge in [0.1, 0.15) is 5.82 Å². The maximum Gasteiger partial charge on any atom is 0.153 e. The first-order chi connectivity index (χ1) is 9.37. The summed E-state index contributed by atoms with van der Waals surface area (Å²) in [6, 6.07) is 5.50. The first-order valence-corrected chi connectivity index (χ1v) is 8.67. The fraction of sp³-hybridized carbons (Fsp3) is 0.571. The molecule has 1 aliphatic heterocycles. The molecular weight excluding hydrogens is 279 g/mol. The zero-order valence-corrected chi connectivity index (χ0v) is 12.7. The Kier molecular flexibility index (Phi) is 4.65. The van der Waals surface area contributed by atoms with Gasteiger partial charge in [0, 0.05) is 25.7 Å². The minimum atomic E-state index is -2.94. The Morgan fingerprint density at radius 2 is 1.95 bits per heavy atom. The Morgan fingerprint density at radius 1 is 1.30 bits per heavy atom. The van der Waals surface area contributed by atoms with Crippen molar-refractivity contribution in [3.05, 3.63) is 29.6 Å². The average molecular weight is 300 g/mol. The highest BCUT2D eigenvalue weighted by atomic mass is 32.2. The van der Waals surface area contributed by atoms with E-state index in [4.69, 9.17) is 0 Å². The van der Waals surface area contributed by atoms with Gasteiger partial charge >= 0.3 is 0 Å². The van der Waals surface area contributed by atoms with Crippen molar-refractivity contribution in [1.29, 1.82) is 0 Å². The van der Waals surface area contributed by atoms with Crippen molar-refractivity contribution >= 4 is 15.5 Å². The Bertz CT molecular complexity index is 559. The van der Waals surface area contributed by atoms with E-state index in [0.29, 0.717) is 31.4 Å². The van der Waals surface area contributed by atoms with E-state index in [1.807, 2.05) is 19.9 Å². The predicted molar refractivity (Wildman–Crippen MR) is 79.2 cm³/mol. The van der Waals surface area contributed by atoms with Crippen LogP contribution in [0.5, 0.6) is 0 Å². The molecule has 0 unspecified atom stereocenters. The summed E-state index contributed by atoms with van der Waals surface area (Å²) in [4.78, 5) is 1.80. The summed E-state index contributed by atoms with van der Waals surface area (Å²) in [5.41, 5.74) is 1.39. The van der Waals surface area contributed by atoms with E-state index < -0.39 is 9.84 Å². The van der Waals surface area contributed by atoms with Crippen LogP contribution in [0.4, 0.5) is 10.1 Å². The lowest BCUT2D eigenvalue weighted by Gasteiger charge is -2.29. The standard InChI is InChI=1S/C14H21FN2O2S/c1-11(2)16-10-12-3-4-14(13(15)9-12)17-5-7-20(18,19)8-6-17/h3-4,9,11,16H,5-8,10H2,1-2H3. The van der Waals surface area contributed by atoms with Crippen LogP contribution in [0, 0.1) is 5.82 Å². The van der Waals surface area contributed by atoms with Crippen molar-refractivity contribution in [2.24, 2.45) is 0 Å². The quantitative estimate of drug-likeness (QED) is 0.917. The molecule has 2 rings (SSSR count). The van der Waals surface area contributed by atoms with Crippen LogP contribution in [-0.4, -0.2) is 39.1 Å². The number of nitrogens with zero attached hydrogens (tertiary/aromatic N) is 1. The molecule has 1 heterocycles. The number of benzene rings is 1. The van der Waals surface area contributed by atoms with Crippen molar-refractivity contribution in [1.82, 2.24) is 5.32 Å². The van der Waals surface area contributed by atoms with Crippen LogP contribution < -0.4 is 10.2 Å². The lowest BCUT2D eigenvalue weighted by atomic mass is 10.1. The number of nitrogens with one attached hydrogen (secondary N) is 1. The third kappa shape index (κ3) is 3.93. The van der Waals surface area contributed by atoms with E-state index in [-0.39, 0.29) is 17.3 Å². The molecule has 0 radical (unpaired) electrons. The van der Waals surface area contributed by atoms with Crippen molar-refractivity contribution in [2.75, 3.05) is 29.5 Å². The van der Waals surface area contributed by atoms with Gasteiger partial charge in [0.25, 0.3) is 0 Å². The number of hydrogen-bond donors (Lipinski definition) is 1. The molecule has 0 bridgehead atoms. The Balaban J connectivity index is 2.06. The fourth-order valence-electron chi connectivity index (χ4n) is 2.19. The van der Waals surface area contributed by atoms with Gasteiger partial charge < -0.3 is 10.2 Å². The molecule has 0 atom stereocenters. The first-order valence-electron chi connectivity index (χ1n) is 6.84. The lowest BCUT2D eigenvalue weighted by molar-refractivity contribution is 0.575. The minimum Gasteiger partial charge on any atom is -0.367 e. The van der Waals surface area contributed by atoms with Crippen molar-refractivity contribution in [2.45, 2.75) is 26.4 Å². The van der Waals surface area contributed by atoms with Gasteiger partial charge in [-0.05, 0) is 17.7 Å². The van der Waals surface area contributed by atoms with Gasteiger partial charge in [0.05, 0.1) is 17.2 Å². The molecule has 0 saturated carbocycles. The SMILES string of the molecule is CC(C)NCc1ccc(N2CCS(=O)(=O)CC2)c(F)c1. The molecule has 4 nitrogen and oxygen atoms in total. The maximum atomic E-state index is 14.1. The largest absolute Gasteiger partial charge is 0.367 e. The Morgan fingerprint density at radius 3 is 2.50 bits per heavy atom. The Hall–Kier alpha value is -1.14. The first kappa shape index (κ1) is 15.3. The molecule has 6 heteroatoms. The summed E-state index contributed by atoms with van der Waals surface area (Å²) < 4.78 is 36.9. The molecule has 0 spiro atoms. The summed E-state index contributed by atoms with van der Waals surface area (Å²) in [6.07, 6.45) is 0. The third-order valence-corrected chi connectivity index (χ3v) is 5.02. The van der Waals surface area contributed by atoms with Crippen molar-refractivity contribution < 1.29 is 12.8 Å². The molecule has 112 valence electrons. The molecule has 20 heavy (non-hydrogen) atoms. The summed E-state index contributed by atoms with van der Waals surface area (Å²) in [6.45, 7) is 5.44.